The summed E-state index contributed by atoms with van der Waals surface area (Å²) in [6.45, 7) is 8.42. The normalized spacial score (nSPS) is 11.1. The smallest absolute Gasteiger partial charge is 0.290 e. The highest BCUT2D eigenvalue weighted by Gasteiger charge is 2.14. The molecule has 11 nitrogen and oxygen atoms in total. The maximum atomic E-state index is 12.7. The first kappa shape index (κ1) is 33.0. The van der Waals surface area contributed by atoms with Crippen LogP contribution in [0.5, 0.6) is 5.75 Å². The number of hydrogen-bond acceptors (Lipinski definition) is 8. The second-order valence-corrected chi connectivity index (χ2v) is 11.7. The van der Waals surface area contributed by atoms with E-state index in [-0.39, 0.29) is 11.4 Å². The molecule has 0 radical (unpaired) electrons. The second-order valence-electron chi connectivity index (χ2n) is 10.0. The van der Waals surface area contributed by atoms with Crippen LogP contribution in [-0.4, -0.2) is 66.2 Å². The second kappa shape index (κ2) is 15.7. The first-order valence-corrected chi connectivity index (χ1v) is 16.0. The lowest BCUT2D eigenvalue weighted by Crippen LogP contribution is -2.24. The number of aromatic nitrogens is 3. The van der Waals surface area contributed by atoms with Crippen molar-refractivity contribution in [1.82, 2.24) is 19.4 Å². The summed E-state index contributed by atoms with van der Waals surface area (Å²) in [5.41, 5.74) is 4.26. The van der Waals surface area contributed by atoms with Crippen molar-refractivity contribution in [3.05, 3.63) is 91.4 Å². The molecule has 0 amide bonds. The van der Waals surface area contributed by atoms with Gasteiger partial charge in [-0.15, -0.1) is 0 Å². The fraction of sp³-hybridized carbons (Fsp3) is 0.242. The van der Waals surface area contributed by atoms with E-state index >= 15 is 0 Å². The Morgan fingerprint density at radius 2 is 1.62 bits per heavy atom. The van der Waals surface area contributed by atoms with E-state index < -0.39 is 10.0 Å². The summed E-state index contributed by atoms with van der Waals surface area (Å²) in [5.74, 6) is 1.23. The van der Waals surface area contributed by atoms with Crippen molar-refractivity contribution in [1.29, 1.82) is 0 Å². The number of aryl methyl sites for hydroxylation is 1. The van der Waals surface area contributed by atoms with Crippen LogP contribution in [0.4, 0.5) is 17.2 Å². The summed E-state index contributed by atoms with van der Waals surface area (Å²) in [6, 6.07) is 23.7. The predicted molar refractivity (Wildman–Crippen MR) is 178 cm³/mol. The van der Waals surface area contributed by atoms with E-state index in [1.54, 1.807) is 36.4 Å². The average molecular weight is 631 g/mol. The fourth-order valence-electron chi connectivity index (χ4n) is 4.88. The van der Waals surface area contributed by atoms with Crippen molar-refractivity contribution in [3.63, 3.8) is 0 Å². The van der Waals surface area contributed by atoms with Crippen LogP contribution in [0.25, 0.3) is 22.2 Å². The molecule has 12 heteroatoms. The van der Waals surface area contributed by atoms with Gasteiger partial charge in [0, 0.05) is 46.6 Å². The monoisotopic (exact) mass is 630 g/mol. The van der Waals surface area contributed by atoms with E-state index in [0.717, 1.165) is 49.5 Å². The van der Waals surface area contributed by atoms with Crippen LogP contribution in [0.15, 0.2) is 96.3 Å². The summed E-state index contributed by atoms with van der Waals surface area (Å²) >= 11 is 0. The lowest BCUT2D eigenvalue weighted by molar-refractivity contribution is -0.122. The minimum absolute atomic E-state index is 0.157. The van der Waals surface area contributed by atoms with Crippen molar-refractivity contribution in [3.8, 4) is 17.0 Å². The molecular weight excluding hydrogens is 592 g/mol. The maximum absolute atomic E-state index is 12.7. The average Bonchev–Trinajstić information content (AvgIpc) is 3.46. The molecule has 5 rings (SSSR count). The molecule has 0 aliphatic carbocycles. The largest absolute Gasteiger partial charge is 0.497 e. The van der Waals surface area contributed by atoms with Crippen molar-refractivity contribution in [2.75, 3.05) is 36.8 Å². The number of hydrogen-bond donors (Lipinski definition) is 3. The van der Waals surface area contributed by atoms with Crippen molar-refractivity contribution >= 4 is 44.6 Å². The third-order valence-electron chi connectivity index (χ3n) is 7.28. The number of methoxy groups -OCH3 is 1. The Hall–Kier alpha value is -4.94. The Bertz CT molecular complexity index is 1790. The lowest BCUT2D eigenvalue weighted by Gasteiger charge is -2.18. The zero-order chi connectivity index (χ0) is 32.2. The summed E-state index contributed by atoms with van der Waals surface area (Å²) in [5, 5.41) is 11.3. The van der Waals surface area contributed by atoms with Gasteiger partial charge in [0.05, 0.1) is 17.7 Å². The predicted octanol–water partition coefficient (Wildman–Crippen LogP) is 6.08. The Kier molecular flexibility index (Phi) is 11.5. The highest BCUT2D eigenvalue weighted by atomic mass is 32.2. The topological polar surface area (TPSA) is 139 Å². The number of carboxylic acid groups (broad SMARTS) is 1. The molecule has 0 fully saturated rings. The van der Waals surface area contributed by atoms with E-state index in [1.807, 2.05) is 6.07 Å². The molecule has 2 heterocycles. The fourth-order valence-corrected chi connectivity index (χ4v) is 5.94. The Morgan fingerprint density at radius 3 is 2.29 bits per heavy atom. The molecule has 0 aliphatic rings. The van der Waals surface area contributed by atoms with Gasteiger partial charge in [-0.25, -0.2) is 18.4 Å². The van der Waals surface area contributed by atoms with Gasteiger partial charge >= 0.3 is 0 Å². The standard InChI is InChI=1S/C32H36N6O3S.CH2O2/c1-4-37(5-2)18-6-19-38-20-17-25-21-24(7-16-31(25)38)30-22-32(34-23-33-30)35-26-8-10-27(11-9-26)36-42(39,40)29-14-12-28(41-3)13-15-29;2-1-3/h7-17,20-23,36H,4-6,18-19H2,1-3H3,(H,33,34,35);1H,(H,2,3). The van der Waals surface area contributed by atoms with Gasteiger partial charge in [0.1, 0.15) is 17.9 Å². The molecule has 2 aromatic heterocycles. The first-order valence-electron chi connectivity index (χ1n) is 14.6. The first-order chi connectivity index (χ1) is 21.8. The molecule has 0 bridgehead atoms. The van der Waals surface area contributed by atoms with Gasteiger partial charge in [-0.1, -0.05) is 19.9 Å². The molecule has 3 N–H and O–H groups in total. The number of carbonyl (C=O) groups is 1. The molecule has 0 unspecified atom stereocenters. The highest BCUT2D eigenvalue weighted by Crippen LogP contribution is 2.27. The molecule has 0 saturated carbocycles. The van der Waals surface area contributed by atoms with Gasteiger partial charge in [0.15, 0.2) is 0 Å². The van der Waals surface area contributed by atoms with Gasteiger partial charge in [-0.3, -0.25) is 9.52 Å². The Balaban J connectivity index is 0.00000148. The van der Waals surface area contributed by atoms with E-state index in [9.17, 15) is 8.42 Å². The third kappa shape index (κ3) is 8.80. The number of anilines is 3. The number of nitrogens with one attached hydrogen (secondary N) is 2. The summed E-state index contributed by atoms with van der Waals surface area (Å²) in [7, 11) is -2.19. The van der Waals surface area contributed by atoms with Crippen molar-refractivity contribution in [2.45, 2.75) is 31.7 Å². The molecule has 5 aromatic rings. The number of nitrogens with zero attached hydrogens (tertiary/aromatic N) is 4. The molecule has 0 spiro atoms. The molecule has 0 atom stereocenters. The zero-order valence-electron chi connectivity index (χ0n) is 25.6. The van der Waals surface area contributed by atoms with Gasteiger partial charge in [0.25, 0.3) is 16.5 Å². The molecule has 0 saturated heterocycles. The lowest BCUT2D eigenvalue weighted by atomic mass is 10.1. The van der Waals surface area contributed by atoms with Gasteiger partial charge < -0.3 is 24.6 Å². The van der Waals surface area contributed by atoms with Crippen LogP contribution < -0.4 is 14.8 Å². The van der Waals surface area contributed by atoms with Gasteiger partial charge in [-0.05, 0) is 92.8 Å². The van der Waals surface area contributed by atoms with E-state index in [4.69, 9.17) is 14.6 Å². The van der Waals surface area contributed by atoms with Crippen molar-refractivity contribution in [2.24, 2.45) is 0 Å². The van der Waals surface area contributed by atoms with Crippen LogP contribution in [0, 0.1) is 0 Å². The van der Waals surface area contributed by atoms with Crippen LogP contribution in [0.2, 0.25) is 0 Å². The van der Waals surface area contributed by atoms with Gasteiger partial charge in [0.2, 0.25) is 0 Å². The minimum Gasteiger partial charge on any atom is -0.497 e. The van der Waals surface area contributed by atoms with Crippen LogP contribution in [-0.2, 0) is 21.4 Å². The maximum Gasteiger partial charge on any atom is 0.290 e. The van der Waals surface area contributed by atoms with E-state index in [2.05, 4.69) is 73.8 Å². The Labute approximate surface area is 263 Å². The third-order valence-corrected chi connectivity index (χ3v) is 8.68. The SMILES string of the molecule is CCN(CC)CCCn1ccc2cc(-c3cc(Nc4ccc(NS(=O)(=O)c5ccc(OC)cc5)cc4)ncn3)ccc21.O=CO. The van der Waals surface area contributed by atoms with E-state index in [1.165, 1.54) is 36.5 Å². The summed E-state index contributed by atoms with van der Waals surface area (Å²) in [6.07, 6.45) is 4.81. The number of sulfonamides is 1. The van der Waals surface area contributed by atoms with Crippen molar-refractivity contribution < 1.29 is 23.1 Å². The molecular formula is C33H38N6O5S. The van der Waals surface area contributed by atoms with Gasteiger partial charge in [-0.2, -0.15) is 0 Å². The van der Waals surface area contributed by atoms with Crippen LogP contribution in [0.3, 0.4) is 0 Å². The Morgan fingerprint density at radius 1 is 0.933 bits per heavy atom. The number of ether oxygens (including phenoxy) is 1. The summed E-state index contributed by atoms with van der Waals surface area (Å²) in [4.78, 5) is 19.8. The van der Waals surface area contributed by atoms with E-state index in [0.29, 0.717) is 17.3 Å². The quantitative estimate of drug-likeness (QED) is 0.132. The molecule has 0 aliphatic heterocycles. The molecule has 3 aromatic carbocycles. The minimum atomic E-state index is -3.72. The van der Waals surface area contributed by atoms with Crippen LogP contribution in [0.1, 0.15) is 20.3 Å². The summed E-state index contributed by atoms with van der Waals surface area (Å²) < 4.78 is 35.5. The molecule has 45 heavy (non-hydrogen) atoms. The highest BCUT2D eigenvalue weighted by molar-refractivity contribution is 7.92. The molecule has 236 valence electrons. The number of benzene rings is 3. The van der Waals surface area contributed by atoms with Crippen LogP contribution >= 0.6 is 0 Å². The zero-order valence-corrected chi connectivity index (χ0v) is 26.4. The number of fused-ring (bicyclic) bond motifs is 1. The number of rotatable bonds is 13.